The van der Waals surface area contributed by atoms with Gasteiger partial charge in [-0.3, -0.25) is 4.79 Å². The number of carbonyl (C=O) groups excluding carboxylic acids is 1. The van der Waals surface area contributed by atoms with Crippen molar-refractivity contribution in [3.8, 4) is 11.8 Å². The molecule has 0 aromatic heterocycles. The number of hydrogen-bond acceptors (Lipinski definition) is 4. The molecule has 0 bridgehead atoms. The quantitative estimate of drug-likeness (QED) is 0.770. The van der Waals surface area contributed by atoms with E-state index in [1.165, 1.54) is 11.8 Å². The summed E-state index contributed by atoms with van der Waals surface area (Å²) in [5.41, 5.74) is 3.32. The molecule has 3 nitrogen and oxygen atoms in total. The number of hydrogen-bond donors (Lipinski definition) is 0. The van der Waals surface area contributed by atoms with Gasteiger partial charge in [0.25, 0.3) is 0 Å². The first-order valence-electron chi connectivity index (χ1n) is 7.41. The molecule has 1 heterocycles. The second-order valence-electron chi connectivity index (χ2n) is 5.46. The molecule has 1 aliphatic rings. The van der Waals surface area contributed by atoms with E-state index in [2.05, 4.69) is 6.07 Å². The highest BCUT2D eigenvalue weighted by atomic mass is 35.5. The van der Waals surface area contributed by atoms with Crippen LogP contribution in [0, 0.1) is 17.2 Å². The second-order valence-corrected chi connectivity index (χ2v) is 6.77. The number of nitrogens with zero attached hydrogens (tertiary/aromatic N) is 1. The number of benzene rings is 2. The van der Waals surface area contributed by atoms with Crippen LogP contribution in [0.25, 0.3) is 5.57 Å². The van der Waals surface area contributed by atoms with Crippen LogP contribution in [0.1, 0.15) is 23.6 Å². The normalized spacial score (nSPS) is 16.6. The van der Waals surface area contributed by atoms with Gasteiger partial charge in [0.1, 0.15) is 12.4 Å². The Morgan fingerprint density at radius 1 is 1.29 bits per heavy atom. The lowest BCUT2D eigenvalue weighted by molar-refractivity contribution is -0.112. The first-order valence-corrected chi connectivity index (χ1v) is 8.66. The Bertz CT molecular complexity index is 870. The Morgan fingerprint density at radius 3 is 2.79 bits per heavy atom. The third-order valence-electron chi connectivity index (χ3n) is 3.86. The Labute approximate surface area is 149 Å². The molecule has 24 heavy (non-hydrogen) atoms. The van der Waals surface area contributed by atoms with E-state index in [9.17, 15) is 4.79 Å². The summed E-state index contributed by atoms with van der Waals surface area (Å²) in [6, 6.07) is 14.8. The summed E-state index contributed by atoms with van der Waals surface area (Å²) in [6.45, 7) is 2.22. The maximum atomic E-state index is 11.8. The average Bonchev–Trinajstić information content (AvgIpc) is 2.92. The minimum atomic E-state index is -0.186. The van der Waals surface area contributed by atoms with E-state index < -0.39 is 0 Å². The van der Waals surface area contributed by atoms with Gasteiger partial charge in [-0.15, -0.1) is 0 Å². The van der Waals surface area contributed by atoms with Crippen molar-refractivity contribution in [1.29, 1.82) is 5.26 Å². The number of ether oxygens (including phenoxy) is 1. The molecule has 0 fully saturated rings. The van der Waals surface area contributed by atoms with E-state index in [0.717, 1.165) is 16.7 Å². The molecule has 5 heteroatoms. The van der Waals surface area contributed by atoms with E-state index in [0.29, 0.717) is 22.9 Å². The number of thioether (sulfide) groups is 1. The maximum absolute atomic E-state index is 11.8. The van der Waals surface area contributed by atoms with Gasteiger partial charge < -0.3 is 4.74 Å². The van der Waals surface area contributed by atoms with Crippen molar-refractivity contribution in [2.45, 2.75) is 13.5 Å². The van der Waals surface area contributed by atoms with Crippen LogP contribution in [0.2, 0.25) is 5.02 Å². The fourth-order valence-corrected chi connectivity index (χ4v) is 3.59. The molecule has 3 rings (SSSR count). The maximum Gasteiger partial charge on any atom is 0.200 e. The van der Waals surface area contributed by atoms with Crippen molar-refractivity contribution < 1.29 is 9.53 Å². The van der Waals surface area contributed by atoms with Gasteiger partial charge in [0.05, 0.1) is 17.6 Å². The topological polar surface area (TPSA) is 50.1 Å². The van der Waals surface area contributed by atoms with Crippen LogP contribution in [0.4, 0.5) is 0 Å². The SMILES string of the molecule is CC1C(=O)SC=C1c1cc(C#N)ccc1COc1cccc(Cl)c1. The van der Waals surface area contributed by atoms with Gasteiger partial charge >= 0.3 is 0 Å². The summed E-state index contributed by atoms with van der Waals surface area (Å²) < 4.78 is 5.82. The Morgan fingerprint density at radius 2 is 2.12 bits per heavy atom. The van der Waals surface area contributed by atoms with Crippen LogP contribution >= 0.6 is 23.4 Å². The molecular weight excluding hydrogens is 342 g/mol. The summed E-state index contributed by atoms with van der Waals surface area (Å²) >= 11 is 7.18. The molecule has 1 aliphatic heterocycles. The number of halogens is 1. The molecule has 0 spiro atoms. The van der Waals surface area contributed by atoms with Crippen molar-refractivity contribution in [3.63, 3.8) is 0 Å². The molecule has 2 aromatic carbocycles. The second kappa shape index (κ2) is 7.12. The molecule has 1 unspecified atom stereocenters. The Balaban J connectivity index is 1.90. The smallest absolute Gasteiger partial charge is 0.200 e. The zero-order valence-corrected chi connectivity index (χ0v) is 14.5. The van der Waals surface area contributed by atoms with Crippen LogP contribution < -0.4 is 4.74 Å². The van der Waals surface area contributed by atoms with Crippen molar-refractivity contribution in [3.05, 3.63) is 69.6 Å². The predicted molar refractivity (Wildman–Crippen MR) is 96.7 cm³/mol. The van der Waals surface area contributed by atoms with Crippen LogP contribution in [-0.2, 0) is 11.4 Å². The lowest BCUT2D eigenvalue weighted by Gasteiger charge is -2.15. The molecule has 0 aliphatic carbocycles. The monoisotopic (exact) mass is 355 g/mol. The predicted octanol–water partition coefficient (Wildman–Crippen LogP) is 5.04. The Kier molecular flexibility index (Phi) is 4.94. The third kappa shape index (κ3) is 3.48. The summed E-state index contributed by atoms with van der Waals surface area (Å²) in [6.07, 6.45) is 0. The van der Waals surface area contributed by atoms with Gasteiger partial charge in [-0.25, -0.2) is 0 Å². The van der Waals surface area contributed by atoms with E-state index in [1.807, 2.05) is 36.6 Å². The standard InChI is InChI=1S/C19H14ClNO2S/c1-12-18(11-24-19(12)22)17-7-13(9-21)5-6-14(17)10-23-16-4-2-3-15(20)8-16/h2-8,11-12H,10H2,1H3. The fourth-order valence-electron chi connectivity index (χ4n) is 2.51. The third-order valence-corrected chi connectivity index (χ3v) is 5.06. The van der Waals surface area contributed by atoms with Gasteiger partial charge in [-0.05, 0) is 52.4 Å². The zero-order chi connectivity index (χ0) is 17.1. The van der Waals surface area contributed by atoms with Gasteiger partial charge in [0.15, 0.2) is 5.12 Å². The Hall–Kier alpha value is -2.22. The molecule has 2 aromatic rings. The van der Waals surface area contributed by atoms with Crippen LogP contribution in [0.5, 0.6) is 5.75 Å². The van der Waals surface area contributed by atoms with E-state index in [-0.39, 0.29) is 11.0 Å². The molecular formula is C19H14ClNO2S. The number of nitriles is 1. The molecule has 120 valence electrons. The average molecular weight is 356 g/mol. The lowest BCUT2D eigenvalue weighted by atomic mass is 9.91. The summed E-state index contributed by atoms with van der Waals surface area (Å²) in [5, 5.41) is 11.8. The van der Waals surface area contributed by atoms with Crippen molar-refractivity contribution in [1.82, 2.24) is 0 Å². The minimum absolute atomic E-state index is 0.120. The fraction of sp³-hybridized carbons (Fsp3) is 0.158. The highest BCUT2D eigenvalue weighted by Gasteiger charge is 2.27. The van der Waals surface area contributed by atoms with Gasteiger partial charge in [0, 0.05) is 5.02 Å². The van der Waals surface area contributed by atoms with Crippen molar-refractivity contribution >= 4 is 34.1 Å². The van der Waals surface area contributed by atoms with Gasteiger partial charge in [0.2, 0.25) is 0 Å². The van der Waals surface area contributed by atoms with Gasteiger partial charge in [-0.2, -0.15) is 5.26 Å². The molecule has 0 saturated heterocycles. The van der Waals surface area contributed by atoms with Crippen molar-refractivity contribution in [2.24, 2.45) is 5.92 Å². The summed E-state index contributed by atoms with van der Waals surface area (Å²) in [5.74, 6) is 0.491. The van der Waals surface area contributed by atoms with Crippen LogP contribution in [0.15, 0.2) is 47.9 Å². The lowest BCUT2D eigenvalue weighted by Crippen LogP contribution is -2.07. The highest BCUT2D eigenvalue weighted by Crippen LogP contribution is 2.38. The highest BCUT2D eigenvalue weighted by molar-refractivity contribution is 8.16. The summed E-state index contributed by atoms with van der Waals surface area (Å²) in [7, 11) is 0. The number of allylic oxidation sites excluding steroid dienone is 1. The van der Waals surface area contributed by atoms with E-state index in [1.54, 1.807) is 18.2 Å². The molecule has 1 atom stereocenters. The molecule has 0 N–H and O–H groups in total. The van der Waals surface area contributed by atoms with Crippen LogP contribution in [-0.4, -0.2) is 5.12 Å². The zero-order valence-electron chi connectivity index (χ0n) is 13.0. The molecule has 0 radical (unpaired) electrons. The number of carbonyl (C=O) groups is 1. The molecule has 0 saturated carbocycles. The van der Waals surface area contributed by atoms with Gasteiger partial charge in [-0.1, -0.05) is 42.4 Å². The number of rotatable bonds is 4. The largest absolute Gasteiger partial charge is 0.489 e. The minimum Gasteiger partial charge on any atom is -0.489 e. The molecule has 0 amide bonds. The van der Waals surface area contributed by atoms with E-state index in [4.69, 9.17) is 21.6 Å². The summed E-state index contributed by atoms with van der Waals surface area (Å²) in [4.78, 5) is 11.8. The first-order chi connectivity index (χ1) is 11.6. The van der Waals surface area contributed by atoms with Crippen molar-refractivity contribution in [2.75, 3.05) is 0 Å². The van der Waals surface area contributed by atoms with E-state index >= 15 is 0 Å². The van der Waals surface area contributed by atoms with Crippen LogP contribution in [0.3, 0.4) is 0 Å². The first kappa shape index (κ1) is 16.6.